The molecule has 2 atom stereocenters. The van der Waals surface area contributed by atoms with Gasteiger partial charge in [0.1, 0.15) is 23.0 Å². The van der Waals surface area contributed by atoms with Crippen LogP contribution in [0.1, 0.15) is 43.0 Å². The number of methoxy groups -OCH3 is 1. The number of hydrogen-bond donors (Lipinski definition) is 2. The molecule has 0 amide bonds. The highest BCUT2D eigenvalue weighted by Crippen LogP contribution is 2.30. The Kier molecular flexibility index (Phi) is 4.35. The van der Waals surface area contributed by atoms with E-state index in [4.69, 9.17) is 9.15 Å². The summed E-state index contributed by atoms with van der Waals surface area (Å²) >= 11 is 0. The topological polar surface area (TPSA) is 54.6 Å². The summed E-state index contributed by atoms with van der Waals surface area (Å²) < 4.78 is 10.7. The Morgan fingerprint density at radius 1 is 1.15 bits per heavy atom. The Bertz CT molecular complexity index is 577. The number of rotatable bonds is 5. The lowest BCUT2D eigenvalue weighted by molar-refractivity contribution is 0.381. The zero-order valence-corrected chi connectivity index (χ0v) is 12.3. The highest BCUT2D eigenvalue weighted by atomic mass is 16.5. The van der Waals surface area contributed by atoms with E-state index in [1.165, 1.54) is 0 Å². The number of nitrogens with one attached hydrogen (secondary N) is 1. The van der Waals surface area contributed by atoms with Gasteiger partial charge in [-0.3, -0.25) is 0 Å². The van der Waals surface area contributed by atoms with Crippen molar-refractivity contribution in [2.24, 2.45) is 0 Å². The average Bonchev–Trinajstić information content (AvgIpc) is 2.85. The predicted octanol–water partition coefficient (Wildman–Crippen LogP) is 3.71. The number of ether oxygens (including phenoxy) is 1. The third kappa shape index (κ3) is 3.14. The van der Waals surface area contributed by atoms with E-state index in [1.807, 2.05) is 45.0 Å². The molecule has 1 aromatic heterocycles. The number of furan rings is 1. The summed E-state index contributed by atoms with van der Waals surface area (Å²) in [5.74, 6) is 2.66. The molecule has 2 N–H and O–H groups in total. The Morgan fingerprint density at radius 2 is 1.90 bits per heavy atom. The third-order valence-electron chi connectivity index (χ3n) is 3.39. The molecule has 4 nitrogen and oxygen atoms in total. The quantitative estimate of drug-likeness (QED) is 0.873. The average molecular weight is 275 g/mol. The Labute approximate surface area is 119 Å². The SMILES string of the molecule is COc1ccc(C(C)NC(C)c2ccc(C)o2)c(O)c1. The fourth-order valence-electron chi connectivity index (χ4n) is 2.25. The van der Waals surface area contributed by atoms with Gasteiger partial charge in [0.05, 0.1) is 13.2 Å². The molecule has 0 aliphatic rings. The maximum Gasteiger partial charge on any atom is 0.124 e. The van der Waals surface area contributed by atoms with Crippen LogP contribution in [0.3, 0.4) is 0 Å². The van der Waals surface area contributed by atoms with Crippen LogP contribution >= 0.6 is 0 Å². The van der Waals surface area contributed by atoms with E-state index in [0.29, 0.717) is 5.75 Å². The summed E-state index contributed by atoms with van der Waals surface area (Å²) in [5, 5.41) is 13.4. The number of phenolic OH excluding ortho intramolecular Hbond substituents is 1. The van der Waals surface area contributed by atoms with E-state index in [0.717, 1.165) is 17.1 Å². The van der Waals surface area contributed by atoms with Crippen LogP contribution < -0.4 is 10.1 Å². The van der Waals surface area contributed by atoms with Crippen molar-refractivity contribution in [1.29, 1.82) is 0 Å². The number of phenols is 1. The highest BCUT2D eigenvalue weighted by molar-refractivity contribution is 5.41. The van der Waals surface area contributed by atoms with E-state index in [2.05, 4.69) is 5.32 Å². The van der Waals surface area contributed by atoms with Crippen LogP contribution in [-0.2, 0) is 0 Å². The zero-order chi connectivity index (χ0) is 14.7. The molecular weight excluding hydrogens is 254 g/mol. The van der Waals surface area contributed by atoms with Gasteiger partial charge in [0.15, 0.2) is 0 Å². The van der Waals surface area contributed by atoms with Crippen molar-refractivity contribution in [2.45, 2.75) is 32.9 Å². The lowest BCUT2D eigenvalue weighted by Crippen LogP contribution is -2.22. The van der Waals surface area contributed by atoms with Crippen molar-refractivity contribution >= 4 is 0 Å². The van der Waals surface area contributed by atoms with Crippen molar-refractivity contribution in [1.82, 2.24) is 5.32 Å². The van der Waals surface area contributed by atoms with Gasteiger partial charge < -0.3 is 19.6 Å². The van der Waals surface area contributed by atoms with E-state index in [1.54, 1.807) is 13.2 Å². The van der Waals surface area contributed by atoms with E-state index in [-0.39, 0.29) is 17.8 Å². The Morgan fingerprint density at radius 3 is 2.45 bits per heavy atom. The first-order chi connectivity index (χ1) is 9.51. The molecule has 20 heavy (non-hydrogen) atoms. The molecule has 108 valence electrons. The molecule has 4 heteroatoms. The van der Waals surface area contributed by atoms with Crippen molar-refractivity contribution in [2.75, 3.05) is 7.11 Å². The van der Waals surface area contributed by atoms with Crippen LogP contribution in [0.25, 0.3) is 0 Å². The van der Waals surface area contributed by atoms with Gasteiger partial charge in [0, 0.05) is 17.7 Å². The fourth-order valence-corrected chi connectivity index (χ4v) is 2.25. The number of hydrogen-bond acceptors (Lipinski definition) is 4. The van der Waals surface area contributed by atoms with E-state index >= 15 is 0 Å². The van der Waals surface area contributed by atoms with E-state index in [9.17, 15) is 5.11 Å². The molecule has 0 bridgehead atoms. The predicted molar refractivity (Wildman–Crippen MR) is 78.1 cm³/mol. The van der Waals surface area contributed by atoms with Gasteiger partial charge in [-0.1, -0.05) is 6.07 Å². The van der Waals surface area contributed by atoms with Crippen molar-refractivity contribution in [3.05, 3.63) is 47.4 Å². The molecule has 0 aliphatic carbocycles. The first-order valence-corrected chi connectivity index (χ1v) is 6.70. The van der Waals surface area contributed by atoms with Crippen LogP contribution in [0.5, 0.6) is 11.5 Å². The van der Waals surface area contributed by atoms with Gasteiger partial charge in [0.2, 0.25) is 0 Å². The van der Waals surface area contributed by atoms with Crippen LogP contribution in [0.2, 0.25) is 0 Å². The minimum Gasteiger partial charge on any atom is -0.507 e. The Hall–Kier alpha value is -1.94. The molecule has 2 rings (SSSR count). The summed E-state index contributed by atoms with van der Waals surface area (Å²) in [6.45, 7) is 5.97. The second-order valence-corrected chi connectivity index (χ2v) is 4.98. The standard InChI is InChI=1S/C16H21NO3/c1-10-5-8-16(20-10)12(3)17-11(2)14-7-6-13(19-4)9-15(14)18/h5-9,11-12,17-18H,1-4H3. The summed E-state index contributed by atoms with van der Waals surface area (Å²) in [5.41, 5.74) is 0.834. The van der Waals surface area contributed by atoms with Gasteiger partial charge in [0.25, 0.3) is 0 Å². The summed E-state index contributed by atoms with van der Waals surface area (Å²) in [4.78, 5) is 0. The lowest BCUT2D eigenvalue weighted by Gasteiger charge is -2.20. The second kappa shape index (κ2) is 6.01. The summed E-state index contributed by atoms with van der Waals surface area (Å²) in [7, 11) is 1.58. The highest BCUT2D eigenvalue weighted by Gasteiger charge is 2.16. The first kappa shape index (κ1) is 14.5. The fraction of sp³-hybridized carbons (Fsp3) is 0.375. The summed E-state index contributed by atoms with van der Waals surface area (Å²) in [6, 6.07) is 9.31. The molecular formula is C16H21NO3. The van der Waals surface area contributed by atoms with Crippen molar-refractivity contribution in [3.8, 4) is 11.5 Å². The van der Waals surface area contributed by atoms with Gasteiger partial charge in [-0.2, -0.15) is 0 Å². The molecule has 1 aromatic carbocycles. The largest absolute Gasteiger partial charge is 0.507 e. The van der Waals surface area contributed by atoms with Gasteiger partial charge in [-0.25, -0.2) is 0 Å². The third-order valence-corrected chi connectivity index (χ3v) is 3.39. The minimum atomic E-state index is 0.00122. The van der Waals surface area contributed by atoms with Crippen LogP contribution in [0.15, 0.2) is 34.7 Å². The van der Waals surface area contributed by atoms with Crippen molar-refractivity contribution in [3.63, 3.8) is 0 Å². The van der Waals surface area contributed by atoms with Gasteiger partial charge >= 0.3 is 0 Å². The maximum atomic E-state index is 10.0. The number of aromatic hydroxyl groups is 1. The molecule has 0 fully saturated rings. The molecule has 0 aliphatic heterocycles. The van der Waals surface area contributed by atoms with Crippen LogP contribution in [0.4, 0.5) is 0 Å². The minimum absolute atomic E-state index is 0.00122. The molecule has 0 saturated carbocycles. The number of aryl methyl sites for hydroxylation is 1. The Balaban J connectivity index is 2.09. The molecule has 1 heterocycles. The molecule has 2 aromatic rings. The second-order valence-electron chi connectivity index (χ2n) is 4.98. The van der Waals surface area contributed by atoms with Gasteiger partial charge in [-0.15, -0.1) is 0 Å². The molecule has 2 unspecified atom stereocenters. The smallest absolute Gasteiger partial charge is 0.124 e. The van der Waals surface area contributed by atoms with Crippen molar-refractivity contribution < 1.29 is 14.3 Å². The van der Waals surface area contributed by atoms with Crippen LogP contribution in [-0.4, -0.2) is 12.2 Å². The maximum absolute atomic E-state index is 10.0. The normalized spacial score (nSPS) is 14.0. The molecule has 0 saturated heterocycles. The molecule has 0 spiro atoms. The zero-order valence-electron chi connectivity index (χ0n) is 12.3. The number of benzene rings is 1. The van der Waals surface area contributed by atoms with E-state index < -0.39 is 0 Å². The first-order valence-electron chi connectivity index (χ1n) is 6.70. The monoisotopic (exact) mass is 275 g/mol. The van der Waals surface area contributed by atoms with Gasteiger partial charge in [-0.05, 0) is 39.0 Å². The lowest BCUT2D eigenvalue weighted by atomic mass is 10.1. The van der Waals surface area contributed by atoms with Crippen LogP contribution in [0, 0.1) is 6.92 Å². The summed E-state index contributed by atoms with van der Waals surface area (Å²) in [6.07, 6.45) is 0. The molecule has 0 radical (unpaired) electrons.